The van der Waals surface area contributed by atoms with Crippen molar-refractivity contribution in [2.75, 3.05) is 40.8 Å². The van der Waals surface area contributed by atoms with Crippen molar-refractivity contribution in [3.63, 3.8) is 0 Å². The van der Waals surface area contributed by atoms with Crippen molar-refractivity contribution in [2.24, 2.45) is 11.8 Å². The summed E-state index contributed by atoms with van der Waals surface area (Å²) in [6.07, 6.45) is 1.37. The van der Waals surface area contributed by atoms with Gasteiger partial charge in [0.05, 0.1) is 0 Å². The van der Waals surface area contributed by atoms with Crippen molar-refractivity contribution in [2.45, 2.75) is 13.3 Å². The van der Waals surface area contributed by atoms with E-state index in [0.29, 0.717) is 0 Å². The first-order valence-electron chi connectivity index (χ1n) is 4.93. The Balaban J connectivity index is 2.34. The smallest absolute Gasteiger partial charge is 0.000710 e. The third-order valence-electron chi connectivity index (χ3n) is 2.89. The van der Waals surface area contributed by atoms with Crippen LogP contribution >= 0.6 is 0 Å². The summed E-state index contributed by atoms with van der Waals surface area (Å²) in [5, 5.41) is 0. The molecule has 0 spiro atoms. The van der Waals surface area contributed by atoms with Crippen LogP contribution < -0.4 is 0 Å². The molecular weight excluding hydrogens is 148 g/mol. The van der Waals surface area contributed by atoms with Crippen LogP contribution in [0.4, 0.5) is 0 Å². The molecule has 1 heterocycles. The van der Waals surface area contributed by atoms with E-state index in [1.807, 2.05) is 0 Å². The molecule has 12 heavy (non-hydrogen) atoms. The summed E-state index contributed by atoms with van der Waals surface area (Å²) in [6.45, 7) is 6.19. The van der Waals surface area contributed by atoms with Crippen LogP contribution in [0.2, 0.25) is 0 Å². The van der Waals surface area contributed by atoms with E-state index < -0.39 is 0 Å². The van der Waals surface area contributed by atoms with Gasteiger partial charge < -0.3 is 9.80 Å². The van der Waals surface area contributed by atoms with E-state index in [-0.39, 0.29) is 0 Å². The number of hydrogen-bond acceptors (Lipinski definition) is 2. The molecule has 0 aromatic heterocycles. The van der Waals surface area contributed by atoms with Crippen molar-refractivity contribution in [3.05, 3.63) is 0 Å². The monoisotopic (exact) mass is 170 g/mol. The Hall–Kier alpha value is -0.0800. The number of piperidine rings is 1. The lowest BCUT2D eigenvalue weighted by Gasteiger charge is -2.36. The van der Waals surface area contributed by atoms with Gasteiger partial charge in [-0.05, 0) is 45.9 Å². The van der Waals surface area contributed by atoms with Gasteiger partial charge in [-0.25, -0.2) is 0 Å². The topological polar surface area (TPSA) is 6.48 Å². The van der Waals surface area contributed by atoms with Crippen LogP contribution in [-0.2, 0) is 0 Å². The second-order valence-corrected chi connectivity index (χ2v) is 4.55. The molecule has 1 fully saturated rings. The summed E-state index contributed by atoms with van der Waals surface area (Å²) >= 11 is 0. The summed E-state index contributed by atoms with van der Waals surface area (Å²) in [6, 6.07) is 0. The Kier molecular flexibility index (Phi) is 3.53. The van der Waals surface area contributed by atoms with Gasteiger partial charge in [0.25, 0.3) is 0 Å². The normalized spacial score (nSPS) is 32.8. The minimum atomic E-state index is 0.867. The second kappa shape index (κ2) is 4.24. The van der Waals surface area contributed by atoms with E-state index in [4.69, 9.17) is 0 Å². The molecule has 1 rings (SSSR count). The van der Waals surface area contributed by atoms with Gasteiger partial charge in [-0.3, -0.25) is 0 Å². The minimum absolute atomic E-state index is 0.867. The van der Waals surface area contributed by atoms with Crippen LogP contribution in [0.15, 0.2) is 0 Å². The average molecular weight is 170 g/mol. The summed E-state index contributed by atoms with van der Waals surface area (Å²) in [5.41, 5.74) is 0. The maximum absolute atomic E-state index is 2.44. The number of likely N-dealkylation sites (tertiary alicyclic amines) is 1. The first kappa shape index (κ1) is 10.0. The molecule has 1 saturated heterocycles. The molecular formula is C10H22N2. The first-order chi connectivity index (χ1) is 5.59. The Bertz CT molecular complexity index is 134. The summed E-state index contributed by atoms with van der Waals surface area (Å²) < 4.78 is 0. The average Bonchev–Trinajstić information content (AvgIpc) is 1.94. The highest BCUT2D eigenvalue weighted by Crippen LogP contribution is 2.22. The fourth-order valence-corrected chi connectivity index (χ4v) is 2.14. The standard InChI is InChI=1S/C10H22N2/c1-9-7-12(4)6-5-10(9)8-11(2)3/h9-10H,5-8H2,1-4H3. The van der Waals surface area contributed by atoms with Crippen molar-refractivity contribution < 1.29 is 0 Å². The van der Waals surface area contributed by atoms with E-state index in [1.54, 1.807) is 0 Å². The van der Waals surface area contributed by atoms with Gasteiger partial charge in [0, 0.05) is 13.1 Å². The van der Waals surface area contributed by atoms with Crippen LogP contribution in [0.1, 0.15) is 13.3 Å². The Morgan fingerprint density at radius 2 is 2.08 bits per heavy atom. The lowest BCUT2D eigenvalue weighted by molar-refractivity contribution is 0.130. The molecule has 1 aliphatic rings. The molecule has 0 radical (unpaired) electrons. The molecule has 0 saturated carbocycles. The molecule has 0 aromatic rings. The molecule has 2 nitrogen and oxygen atoms in total. The molecule has 0 bridgehead atoms. The van der Waals surface area contributed by atoms with Gasteiger partial charge >= 0.3 is 0 Å². The van der Waals surface area contributed by atoms with Crippen molar-refractivity contribution in [1.29, 1.82) is 0 Å². The molecule has 0 N–H and O–H groups in total. The van der Waals surface area contributed by atoms with Gasteiger partial charge in [-0.1, -0.05) is 6.92 Å². The largest absolute Gasteiger partial charge is 0.309 e. The van der Waals surface area contributed by atoms with E-state index in [0.717, 1.165) is 11.8 Å². The molecule has 2 atom stereocenters. The van der Waals surface area contributed by atoms with E-state index in [9.17, 15) is 0 Å². The quantitative estimate of drug-likeness (QED) is 0.613. The van der Waals surface area contributed by atoms with Crippen LogP contribution in [-0.4, -0.2) is 50.6 Å². The van der Waals surface area contributed by atoms with Crippen LogP contribution in [0, 0.1) is 11.8 Å². The SMILES string of the molecule is CC1CN(C)CCC1CN(C)C. The Morgan fingerprint density at radius 3 is 2.58 bits per heavy atom. The van der Waals surface area contributed by atoms with Crippen LogP contribution in [0.5, 0.6) is 0 Å². The zero-order valence-electron chi connectivity index (χ0n) is 8.88. The third-order valence-corrected chi connectivity index (χ3v) is 2.89. The summed E-state index contributed by atoms with van der Waals surface area (Å²) in [7, 11) is 6.57. The van der Waals surface area contributed by atoms with E-state index in [1.165, 1.54) is 26.1 Å². The number of rotatable bonds is 2. The van der Waals surface area contributed by atoms with Crippen molar-refractivity contribution in [1.82, 2.24) is 9.80 Å². The van der Waals surface area contributed by atoms with Crippen LogP contribution in [0.3, 0.4) is 0 Å². The Morgan fingerprint density at radius 1 is 1.42 bits per heavy atom. The molecule has 0 aromatic carbocycles. The third kappa shape index (κ3) is 2.76. The number of hydrogen-bond donors (Lipinski definition) is 0. The van der Waals surface area contributed by atoms with Gasteiger partial charge in [-0.2, -0.15) is 0 Å². The van der Waals surface area contributed by atoms with Crippen LogP contribution in [0.25, 0.3) is 0 Å². The predicted octanol–water partition coefficient (Wildman–Crippen LogP) is 1.14. The fraction of sp³-hybridized carbons (Fsp3) is 1.00. The van der Waals surface area contributed by atoms with Gasteiger partial charge in [0.1, 0.15) is 0 Å². The lowest BCUT2D eigenvalue weighted by Crippen LogP contribution is -2.40. The summed E-state index contributed by atoms with van der Waals surface area (Å²) in [5.74, 6) is 1.78. The second-order valence-electron chi connectivity index (χ2n) is 4.55. The lowest BCUT2D eigenvalue weighted by atomic mass is 9.87. The fourth-order valence-electron chi connectivity index (χ4n) is 2.14. The molecule has 1 aliphatic heterocycles. The van der Waals surface area contributed by atoms with Gasteiger partial charge in [-0.15, -0.1) is 0 Å². The zero-order chi connectivity index (χ0) is 9.14. The van der Waals surface area contributed by atoms with E-state index >= 15 is 0 Å². The zero-order valence-corrected chi connectivity index (χ0v) is 8.88. The Labute approximate surface area is 76.5 Å². The molecule has 0 amide bonds. The van der Waals surface area contributed by atoms with Crippen molar-refractivity contribution >= 4 is 0 Å². The number of nitrogens with zero attached hydrogens (tertiary/aromatic N) is 2. The highest BCUT2D eigenvalue weighted by atomic mass is 15.1. The molecule has 2 heteroatoms. The first-order valence-corrected chi connectivity index (χ1v) is 4.93. The minimum Gasteiger partial charge on any atom is -0.309 e. The highest BCUT2D eigenvalue weighted by Gasteiger charge is 2.23. The maximum Gasteiger partial charge on any atom is 0.000710 e. The van der Waals surface area contributed by atoms with E-state index in [2.05, 4.69) is 37.9 Å². The molecule has 0 aliphatic carbocycles. The predicted molar refractivity (Wildman–Crippen MR) is 53.3 cm³/mol. The highest BCUT2D eigenvalue weighted by molar-refractivity contribution is 4.77. The maximum atomic E-state index is 2.44. The van der Waals surface area contributed by atoms with Gasteiger partial charge in [0.2, 0.25) is 0 Å². The molecule has 2 unspecified atom stereocenters. The summed E-state index contributed by atoms with van der Waals surface area (Å²) in [4.78, 5) is 4.75. The van der Waals surface area contributed by atoms with Crippen molar-refractivity contribution in [3.8, 4) is 0 Å². The van der Waals surface area contributed by atoms with Gasteiger partial charge in [0.15, 0.2) is 0 Å². The molecule has 72 valence electrons.